The second-order valence-electron chi connectivity index (χ2n) is 7.08. The van der Waals surface area contributed by atoms with Crippen molar-refractivity contribution in [3.05, 3.63) is 59.7 Å². The van der Waals surface area contributed by atoms with Crippen LogP contribution in [0.25, 0.3) is 0 Å². The molecule has 8 nitrogen and oxygen atoms in total. The number of hydrogen-bond donors (Lipinski definition) is 1. The van der Waals surface area contributed by atoms with Crippen molar-refractivity contribution >= 4 is 27.5 Å². The molecule has 0 fully saturated rings. The minimum absolute atomic E-state index is 0.196. The van der Waals surface area contributed by atoms with Crippen LogP contribution in [0.15, 0.2) is 48.5 Å². The van der Waals surface area contributed by atoms with E-state index in [-0.39, 0.29) is 18.5 Å². The van der Waals surface area contributed by atoms with Gasteiger partial charge in [0.1, 0.15) is 12.3 Å². The van der Waals surface area contributed by atoms with Gasteiger partial charge in [0, 0.05) is 19.7 Å². The lowest BCUT2D eigenvalue weighted by Gasteiger charge is -2.23. The van der Waals surface area contributed by atoms with Crippen molar-refractivity contribution in [3.63, 3.8) is 0 Å². The SMILES string of the molecule is COc1ccc(C(C)NC(=O)CN(c2ccc(C(=O)N(C)C)cc2)S(C)(=O)=O)cc1. The molecule has 1 atom stereocenters. The van der Waals surface area contributed by atoms with Crippen LogP contribution in [-0.4, -0.2) is 59.1 Å². The van der Waals surface area contributed by atoms with Crippen molar-refractivity contribution in [2.75, 3.05) is 38.3 Å². The Hall–Kier alpha value is -3.07. The fraction of sp³-hybridized carbons (Fsp3) is 0.333. The Bertz CT molecular complexity index is 986. The molecule has 0 aliphatic heterocycles. The van der Waals surface area contributed by atoms with Crippen LogP contribution in [-0.2, 0) is 14.8 Å². The van der Waals surface area contributed by atoms with Gasteiger partial charge in [0.2, 0.25) is 15.9 Å². The molecule has 0 aromatic heterocycles. The van der Waals surface area contributed by atoms with Crippen LogP contribution >= 0.6 is 0 Å². The molecule has 0 spiro atoms. The van der Waals surface area contributed by atoms with Gasteiger partial charge in [-0.15, -0.1) is 0 Å². The van der Waals surface area contributed by atoms with Crippen molar-refractivity contribution in [2.45, 2.75) is 13.0 Å². The number of amides is 2. The van der Waals surface area contributed by atoms with E-state index in [1.54, 1.807) is 33.3 Å². The first-order valence-electron chi connectivity index (χ1n) is 9.25. The number of carbonyl (C=O) groups excluding carboxylic acids is 2. The third-order valence-corrected chi connectivity index (χ3v) is 5.63. The Labute approximate surface area is 177 Å². The van der Waals surface area contributed by atoms with Crippen molar-refractivity contribution < 1.29 is 22.7 Å². The number of sulfonamides is 1. The zero-order valence-corrected chi connectivity index (χ0v) is 18.6. The average molecular weight is 434 g/mol. The number of carbonyl (C=O) groups is 2. The maximum atomic E-state index is 12.5. The highest BCUT2D eigenvalue weighted by Gasteiger charge is 2.22. The van der Waals surface area contributed by atoms with Crippen LogP contribution in [0.4, 0.5) is 5.69 Å². The smallest absolute Gasteiger partial charge is 0.253 e. The molecule has 0 radical (unpaired) electrons. The van der Waals surface area contributed by atoms with E-state index in [0.29, 0.717) is 17.0 Å². The summed E-state index contributed by atoms with van der Waals surface area (Å²) in [6.45, 7) is 1.44. The van der Waals surface area contributed by atoms with Gasteiger partial charge in [0.15, 0.2) is 0 Å². The van der Waals surface area contributed by atoms with E-state index in [0.717, 1.165) is 16.1 Å². The van der Waals surface area contributed by atoms with E-state index in [1.165, 1.54) is 29.2 Å². The largest absolute Gasteiger partial charge is 0.497 e. The summed E-state index contributed by atoms with van der Waals surface area (Å²) in [6, 6.07) is 13.0. The molecule has 0 saturated heterocycles. The molecule has 162 valence electrons. The standard InChI is InChI=1S/C21H27N3O5S/c1-15(16-8-12-19(29-4)13-9-16)22-20(25)14-24(30(5,27)28)18-10-6-17(7-11-18)21(26)23(2)3/h6-13,15H,14H2,1-5H3,(H,22,25). The summed E-state index contributed by atoms with van der Waals surface area (Å²) >= 11 is 0. The second kappa shape index (κ2) is 9.62. The molecule has 1 unspecified atom stereocenters. The van der Waals surface area contributed by atoms with Crippen molar-refractivity contribution in [1.29, 1.82) is 0 Å². The fourth-order valence-electron chi connectivity index (χ4n) is 2.82. The molecule has 0 heterocycles. The highest BCUT2D eigenvalue weighted by Crippen LogP contribution is 2.20. The number of anilines is 1. The van der Waals surface area contributed by atoms with Crippen LogP contribution < -0.4 is 14.4 Å². The Morgan fingerprint density at radius 1 is 1.03 bits per heavy atom. The number of hydrogen-bond acceptors (Lipinski definition) is 5. The summed E-state index contributed by atoms with van der Waals surface area (Å²) < 4.78 is 30.7. The van der Waals surface area contributed by atoms with E-state index in [1.807, 2.05) is 19.1 Å². The Kier molecular flexibility index (Phi) is 7.44. The first kappa shape index (κ1) is 23.2. The lowest BCUT2D eigenvalue weighted by atomic mass is 10.1. The topological polar surface area (TPSA) is 96.0 Å². The molecule has 0 bridgehead atoms. The van der Waals surface area contributed by atoms with Crippen molar-refractivity contribution in [1.82, 2.24) is 10.2 Å². The van der Waals surface area contributed by atoms with Crippen LogP contribution in [0.1, 0.15) is 28.9 Å². The van der Waals surface area contributed by atoms with Gasteiger partial charge < -0.3 is 15.0 Å². The summed E-state index contributed by atoms with van der Waals surface area (Å²) in [5.41, 5.74) is 1.59. The van der Waals surface area contributed by atoms with E-state index < -0.39 is 15.9 Å². The first-order valence-corrected chi connectivity index (χ1v) is 11.1. The maximum Gasteiger partial charge on any atom is 0.253 e. The summed E-state index contributed by atoms with van der Waals surface area (Å²) in [4.78, 5) is 26.0. The van der Waals surface area contributed by atoms with Gasteiger partial charge in [0.05, 0.1) is 25.1 Å². The van der Waals surface area contributed by atoms with Gasteiger partial charge in [-0.1, -0.05) is 12.1 Å². The normalized spacial score (nSPS) is 12.0. The van der Waals surface area contributed by atoms with Crippen molar-refractivity contribution in [3.8, 4) is 5.75 Å². The highest BCUT2D eigenvalue weighted by atomic mass is 32.2. The van der Waals surface area contributed by atoms with Gasteiger partial charge in [-0.25, -0.2) is 8.42 Å². The zero-order valence-electron chi connectivity index (χ0n) is 17.7. The van der Waals surface area contributed by atoms with Crippen LogP contribution in [0.2, 0.25) is 0 Å². The van der Waals surface area contributed by atoms with E-state index in [4.69, 9.17) is 4.74 Å². The predicted molar refractivity (Wildman–Crippen MR) is 116 cm³/mol. The molecule has 2 aromatic carbocycles. The highest BCUT2D eigenvalue weighted by molar-refractivity contribution is 7.92. The molecule has 2 amide bonds. The van der Waals surface area contributed by atoms with Crippen LogP contribution in [0.3, 0.4) is 0 Å². The van der Waals surface area contributed by atoms with E-state index in [2.05, 4.69) is 5.32 Å². The molecule has 0 aliphatic rings. The molecule has 1 N–H and O–H groups in total. The molecular formula is C21H27N3O5S. The molecule has 2 aromatic rings. The molecular weight excluding hydrogens is 406 g/mol. The van der Waals surface area contributed by atoms with Crippen LogP contribution in [0.5, 0.6) is 5.75 Å². The number of benzene rings is 2. The Morgan fingerprint density at radius 3 is 2.07 bits per heavy atom. The minimum Gasteiger partial charge on any atom is -0.497 e. The van der Waals surface area contributed by atoms with Crippen LogP contribution in [0, 0.1) is 0 Å². The Balaban J connectivity index is 2.14. The third-order valence-electron chi connectivity index (χ3n) is 4.49. The lowest BCUT2D eigenvalue weighted by Crippen LogP contribution is -2.41. The predicted octanol–water partition coefficient (Wildman–Crippen LogP) is 2.04. The van der Waals surface area contributed by atoms with Gasteiger partial charge in [-0.05, 0) is 48.9 Å². The molecule has 0 aliphatic carbocycles. The summed E-state index contributed by atoms with van der Waals surface area (Å²) in [5.74, 6) is 0.0624. The summed E-state index contributed by atoms with van der Waals surface area (Å²) in [6.07, 6.45) is 1.03. The monoisotopic (exact) mass is 433 g/mol. The van der Waals surface area contributed by atoms with Crippen molar-refractivity contribution in [2.24, 2.45) is 0 Å². The number of methoxy groups -OCH3 is 1. The van der Waals surface area contributed by atoms with Gasteiger partial charge in [0.25, 0.3) is 5.91 Å². The molecule has 30 heavy (non-hydrogen) atoms. The average Bonchev–Trinajstić information content (AvgIpc) is 2.70. The van der Waals surface area contributed by atoms with Gasteiger partial charge in [-0.2, -0.15) is 0 Å². The lowest BCUT2D eigenvalue weighted by molar-refractivity contribution is -0.120. The van der Waals surface area contributed by atoms with E-state index >= 15 is 0 Å². The number of ether oxygens (including phenoxy) is 1. The second-order valence-corrected chi connectivity index (χ2v) is 8.99. The first-order chi connectivity index (χ1) is 14.0. The summed E-state index contributed by atoms with van der Waals surface area (Å²) in [7, 11) is 1.13. The summed E-state index contributed by atoms with van der Waals surface area (Å²) in [5, 5.41) is 2.80. The molecule has 9 heteroatoms. The van der Waals surface area contributed by atoms with E-state index in [9.17, 15) is 18.0 Å². The molecule has 2 rings (SSSR count). The number of nitrogens with one attached hydrogen (secondary N) is 1. The number of rotatable bonds is 8. The third kappa shape index (κ3) is 5.96. The maximum absolute atomic E-state index is 12.5. The fourth-order valence-corrected chi connectivity index (χ4v) is 3.68. The Morgan fingerprint density at radius 2 is 1.60 bits per heavy atom. The number of nitrogens with zero attached hydrogens (tertiary/aromatic N) is 2. The minimum atomic E-state index is -3.71. The molecule has 0 saturated carbocycles. The quantitative estimate of drug-likeness (QED) is 0.687. The van der Waals surface area contributed by atoms with Gasteiger partial charge >= 0.3 is 0 Å². The van der Waals surface area contributed by atoms with Gasteiger partial charge in [-0.3, -0.25) is 13.9 Å². The zero-order chi connectivity index (χ0) is 22.5.